The fraction of sp³-hybridized carbons (Fsp3) is 0.571. The average molecular weight is 357 g/mol. The quantitative estimate of drug-likeness (QED) is 0.619. The predicted octanol–water partition coefficient (Wildman–Crippen LogP) is 2.55. The summed E-state index contributed by atoms with van der Waals surface area (Å²) < 4.78 is 1.27. The van der Waals surface area contributed by atoms with Crippen LogP contribution in [0.25, 0.3) is 0 Å². The topological polar surface area (TPSA) is 32.5 Å². The average Bonchev–Trinajstić information content (AvgIpc) is 2.55. The lowest BCUT2D eigenvalue weighted by atomic mass is 10.1. The molecule has 0 spiro atoms. The van der Waals surface area contributed by atoms with Crippen molar-refractivity contribution in [3.8, 4) is 0 Å². The second-order valence-corrected chi connectivity index (χ2v) is 6.66. The van der Waals surface area contributed by atoms with Crippen molar-refractivity contribution < 1.29 is 0 Å². The highest BCUT2D eigenvalue weighted by Crippen LogP contribution is 2.32. The van der Waals surface area contributed by atoms with Crippen molar-refractivity contribution in [2.75, 3.05) is 30.8 Å². The Morgan fingerprint density at radius 3 is 2.78 bits per heavy atom. The van der Waals surface area contributed by atoms with E-state index in [2.05, 4.69) is 51.6 Å². The van der Waals surface area contributed by atoms with Gasteiger partial charge in [0, 0.05) is 34.4 Å². The molecule has 2 unspecified atom stereocenters. The first-order chi connectivity index (χ1) is 8.65. The molecule has 98 valence electrons. The summed E-state index contributed by atoms with van der Waals surface area (Å²) in [4.78, 5) is 5.13. The lowest BCUT2D eigenvalue weighted by Crippen LogP contribution is -2.36. The Morgan fingerprint density at radius 2 is 2.00 bits per heavy atom. The summed E-state index contributed by atoms with van der Waals surface area (Å²) in [6, 6.07) is 7.79. The number of fused-ring (bicyclic) bond motifs is 2. The standard InChI is InChI=1S/C14H20IN3/c1-17-11-3-4-12(17)9-18(7-6-11)14-5-2-10(16)8-13(14)15/h2,5,8,11-12H,3-4,6-7,9,16H2,1H3. The van der Waals surface area contributed by atoms with E-state index in [1.165, 1.54) is 35.1 Å². The molecule has 2 aliphatic rings. The molecule has 2 saturated heterocycles. The Balaban J connectivity index is 1.84. The van der Waals surface area contributed by atoms with E-state index in [1.54, 1.807) is 0 Å². The summed E-state index contributed by atoms with van der Waals surface area (Å²) in [5, 5.41) is 0. The van der Waals surface area contributed by atoms with Crippen LogP contribution < -0.4 is 10.6 Å². The van der Waals surface area contributed by atoms with E-state index in [9.17, 15) is 0 Å². The van der Waals surface area contributed by atoms with Gasteiger partial charge in [-0.05, 0) is 67.1 Å². The molecule has 2 fully saturated rings. The van der Waals surface area contributed by atoms with E-state index in [0.29, 0.717) is 0 Å². The summed E-state index contributed by atoms with van der Waals surface area (Å²) in [5.41, 5.74) is 8.05. The van der Waals surface area contributed by atoms with Gasteiger partial charge in [-0.15, -0.1) is 0 Å². The molecule has 2 heterocycles. The molecule has 2 atom stereocenters. The molecule has 0 aromatic heterocycles. The fourth-order valence-corrected chi connectivity index (χ4v) is 4.19. The molecule has 4 heteroatoms. The third-order valence-corrected chi connectivity index (χ3v) is 5.32. The maximum Gasteiger partial charge on any atom is 0.0503 e. The van der Waals surface area contributed by atoms with Gasteiger partial charge in [0.25, 0.3) is 0 Å². The van der Waals surface area contributed by atoms with Gasteiger partial charge in [0.15, 0.2) is 0 Å². The molecule has 3 nitrogen and oxygen atoms in total. The molecule has 18 heavy (non-hydrogen) atoms. The van der Waals surface area contributed by atoms with Crippen LogP contribution in [0.5, 0.6) is 0 Å². The van der Waals surface area contributed by atoms with Crippen LogP contribution in [0, 0.1) is 3.57 Å². The number of halogens is 1. The van der Waals surface area contributed by atoms with E-state index < -0.39 is 0 Å². The van der Waals surface area contributed by atoms with Gasteiger partial charge in [0.05, 0.1) is 5.69 Å². The van der Waals surface area contributed by atoms with Crippen LogP contribution in [0.4, 0.5) is 11.4 Å². The van der Waals surface area contributed by atoms with Gasteiger partial charge in [0.1, 0.15) is 0 Å². The van der Waals surface area contributed by atoms with E-state index in [-0.39, 0.29) is 0 Å². The number of nitrogens with two attached hydrogens (primary N) is 1. The van der Waals surface area contributed by atoms with Crippen LogP contribution in [0.1, 0.15) is 19.3 Å². The monoisotopic (exact) mass is 357 g/mol. The molecule has 2 N–H and O–H groups in total. The summed E-state index contributed by atoms with van der Waals surface area (Å²) in [6.45, 7) is 2.33. The van der Waals surface area contributed by atoms with Crippen molar-refractivity contribution in [2.45, 2.75) is 31.3 Å². The van der Waals surface area contributed by atoms with Crippen molar-refractivity contribution in [1.29, 1.82) is 0 Å². The van der Waals surface area contributed by atoms with Gasteiger partial charge >= 0.3 is 0 Å². The van der Waals surface area contributed by atoms with Crippen LogP contribution in [-0.4, -0.2) is 37.1 Å². The Hall–Kier alpha value is -0.490. The Bertz CT molecular complexity index is 449. The van der Waals surface area contributed by atoms with Gasteiger partial charge in [-0.2, -0.15) is 0 Å². The van der Waals surface area contributed by atoms with E-state index in [1.807, 2.05) is 6.07 Å². The number of likely N-dealkylation sites (N-methyl/N-ethyl adjacent to an activating group) is 1. The third-order valence-electron chi connectivity index (χ3n) is 4.46. The zero-order valence-corrected chi connectivity index (χ0v) is 12.9. The highest BCUT2D eigenvalue weighted by Gasteiger charge is 2.34. The van der Waals surface area contributed by atoms with Crippen molar-refractivity contribution >= 4 is 34.0 Å². The summed E-state index contributed by atoms with van der Waals surface area (Å²) >= 11 is 2.40. The number of hydrogen-bond donors (Lipinski definition) is 1. The molecule has 2 aliphatic heterocycles. The summed E-state index contributed by atoms with van der Waals surface area (Å²) in [5.74, 6) is 0. The molecule has 2 bridgehead atoms. The third kappa shape index (κ3) is 2.20. The van der Waals surface area contributed by atoms with E-state index >= 15 is 0 Å². The highest BCUT2D eigenvalue weighted by atomic mass is 127. The smallest absolute Gasteiger partial charge is 0.0503 e. The van der Waals surface area contributed by atoms with Gasteiger partial charge in [0.2, 0.25) is 0 Å². The summed E-state index contributed by atoms with van der Waals surface area (Å²) in [7, 11) is 2.29. The maximum atomic E-state index is 5.84. The van der Waals surface area contributed by atoms with Gasteiger partial charge in [-0.1, -0.05) is 0 Å². The number of nitrogens with zero attached hydrogens (tertiary/aromatic N) is 2. The first-order valence-electron chi connectivity index (χ1n) is 6.67. The van der Waals surface area contributed by atoms with Crippen LogP contribution >= 0.6 is 22.6 Å². The number of rotatable bonds is 1. The molecular formula is C14H20IN3. The van der Waals surface area contributed by atoms with Crippen molar-refractivity contribution in [3.63, 3.8) is 0 Å². The Labute approximate surface area is 122 Å². The molecule has 1 aromatic rings. The highest BCUT2D eigenvalue weighted by molar-refractivity contribution is 14.1. The largest absolute Gasteiger partial charge is 0.399 e. The zero-order valence-electron chi connectivity index (χ0n) is 10.8. The van der Waals surface area contributed by atoms with Crippen molar-refractivity contribution in [2.24, 2.45) is 0 Å². The van der Waals surface area contributed by atoms with Crippen molar-refractivity contribution in [3.05, 3.63) is 21.8 Å². The van der Waals surface area contributed by atoms with Crippen molar-refractivity contribution in [1.82, 2.24) is 4.90 Å². The second kappa shape index (κ2) is 4.89. The van der Waals surface area contributed by atoms with Gasteiger partial charge < -0.3 is 10.6 Å². The van der Waals surface area contributed by atoms with Crippen LogP contribution in [0.2, 0.25) is 0 Å². The molecular weight excluding hydrogens is 337 g/mol. The normalized spacial score (nSPS) is 28.4. The fourth-order valence-electron chi connectivity index (χ4n) is 3.31. The minimum atomic E-state index is 0.728. The number of hydrogen-bond acceptors (Lipinski definition) is 3. The minimum Gasteiger partial charge on any atom is -0.399 e. The minimum absolute atomic E-state index is 0.728. The van der Waals surface area contributed by atoms with E-state index in [4.69, 9.17) is 5.73 Å². The van der Waals surface area contributed by atoms with Gasteiger partial charge in [-0.25, -0.2) is 0 Å². The Morgan fingerprint density at radius 1 is 1.22 bits per heavy atom. The van der Waals surface area contributed by atoms with Crippen LogP contribution in [0.3, 0.4) is 0 Å². The molecule has 0 aliphatic carbocycles. The first kappa shape index (κ1) is 12.5. The molecule has 0 amide bonds. The van der Waals surface area contributed by atoms with Crippen LogP contribution in [0.15, 0.2) is 18.2 Å². The lowest BCUT2D eigenvalue weighted by Gasteiger charge is -2.28. The van der Waals surface area contributed by atoms with E-state index in [0.717, 1.165) is 24.3 Å². The molecule has 0 saturated carbocycles. The molecule has 3 rings (SSSR count). The summed E-state index contributed by atoms with van der Waals surface area (Å²) in [6.07, 6.45) is 4.02. The number of benzene rings is 1. The lowest BCUT2D eigenvalue weighted by molar-refractivity contribution is 0.254. The Kier molecular flexibility index (Phi) is 3.40. The molecule has 0 radical (unpaired) electrons. The van der Waals surface area contributed by atoms with Crippen LogP contribution in [-0.2, 0) is 0 Å². The zero-order chi connectivity index (χ0) is 12.7. The number of anilines is 2. The SMILES string of the molecule is CN1C2CCC1CN(c1ccc(N)cc1I)CC2. The second-order valence-electron chi connectivity index (χ2n) is 5.50. The van der Waals surface area contributed by atoms with Gasteiger partial charge in [-0.3, -0.25) is 4.90 Å². The molecule has 1 aromatic carbocycles. The number of nitrogen functional groups attached to an aromatic ring is 1. The maximum absolute atomic E-state index is 5.84. The predicted molar refractivity (Wildman–Crippen MR) is 85.0 cm³/mol. The first-order valence-corrected chi connectivity index (χ1v) is 7.75.